The van der Waals surface area contributed by atoms with Crippen molar-refractivity contribution in [3.8, 4) is 17.3 Å². The lowest BCUT2D eigenvalue weighted by Gasteiger charge is -2.13. The van der Waals surface area contributed by atoms with Gasteiger partial charge in [0.15, 0.2) is 0 Å². The molecular formula is C18H11N5O3. The predicted molar refractivity (Wildman–Crippen MR) is 93.1 cm³/mol. The van der Waals surface area contributed by atoms with E-state index in [0.717, 1.165) is 28.0 Å². The summed E-state index contributed by atoms with van der Waals surface area (Å²) in [6.45, 7) is 0. The van der Waals surface area contributed by atoms with Gasteiger partial charge in [-0.1, -0.05) is 18.2 Å². The Labute approximate surface area is 146 Å². The van der Waals surface area contributed by atoms with Gasteiger partial charge in [-0.3, -0.25) is 19.4 Å². The summed E-state index contributed by atoms with van der Waals surface area (Å²) in [6, 6.07) is 9.32. The summed E-state index contributed by atoms with van der Waals surface area (Å²) in [5, 5.41) is 10.2. The molecule has 0 fully saturated rings. The van der Waals surface area contributed by atoms with Gasteiger partial charge in [-0.15, -0.1) is 0 Å². The summed E-state index contributed by atoms with van der Waals surface area (Å²) < 4.78 is 1.85. The third-order valence-electron chi connectivity index (χ3n) is 4.19. The van der Waals surface area contributed by atoms with Crippen molar-refractivity contribution in [3.63, 3.8) is 0 Å². The largest absolute Gasteiger partial charge is 0.350 e. The number of hydrogen-bond acceptors (Lipinski definition) is 5. The molecule has 126 valence electrons. The highest BCUT2D eigenvalue weighted by molar-refractivity contribution is 6.27. The molecule has 8 nitrogen and oxygen atoms in total. The lowest BCUT2D eigenvalue weighted by Crippen LogP contribution is -2.33. The van der Waals surface area contributed by atoms with Crippen LogP contribution in [0.25, 0.3) is 22.2 Å². The molecule has 1 aliphatic rings. The maximum absolute atomic E-state index is 12.4. The first-order valence-corrected chi connectivity index (χ1v) is 7.66. The van der Waals surface area contributed by atoms with Gasteiger partial charge in [-0.2, -0.15) is 5.26 Å². The standard InChI is InChI=1S/C18H11N5O3/c1-22-9-12(10-4-2-3-5-13(10)22)16-11(8-19)17(26)21-18(20-16)23-14(24)6-7-15(23)25/h2-7,9H,1H3,(H,20,21,26). The lowest BCUT2D eigenvalue weighted by atomic mass is 10.1. The van der Waals surface area contributed by atoms with Gasteiger partial charge >= 0.3 is 0 Å². The van der Waals surface area contributed by atoms with Crippen molar-refractivity contribution in [1.82, 2.24) is 14.5 Å². The number of nitriles is 1. The number of anilines is 1. The first-order chi connectivity index (χ1) is 12.5. The highest BCUT2D eigenvalue weighted by Gasteiger charge is 2.29. The zero-order valence-electron chi connectivity index (χ0n) is 13.6. The third kappa shape index (κ3) is 2.15. The van der Waals surface area contributed by atoms with E-state index < -0.39 is 17.4 Å². The molecule has 0 aliphatic carbocycles. The highest BCUT2D eigenvalue weighted by Crippen LogP contribution is 2.31. The van der Waals surface area contributed by atoms with Crippen LogP contribution in [0.5, 0.6) is 0 Å². The van der Waals surface area contributed by atoms with Gasteiger partial charge in [-0.25, -0.2) is 9.88 Å². The average Bonchev–Trinajstić information content (AvgIpc) is 3.14. The fraction of sp³-hybridized carbons (Fsp3) is 0.0556. The van der Waals surface area contributed by atoms with E-state index in [1.54, 1.807) is 6.20 Å². The normalized spacial score (nSPS) is 13.6. The van der Waals surface area contributed by atoms with Crippen molar-refractivity contribution < 1.29 is 9.59 Å². The number of para-hydroxylation sites is 1. The van der Waals surface area contributed by atoms with E-state index in [0.29, 0.717) is 5.56 Å². The van der Waals surface area contributed by atoms with Gasteiger partial charge in [0.25, 0.3) is 17.4 Å². The molecule has 1 aliphatic heterocycles. The molecule has 0 bridgehead atoms. The topological polar surface area (TPSA) is 112 Å². The maximum atomic E-state index is 12.4. The second-order valence-electron chi connectivity index (χ2n) is 5.74. The van der Waals surface area contributed by atoms with Gasteiger partial charge in [-0.05, 0) is 6.07 Å². The number of amides is 2. The fourth-order valence-electron chi connectivity index (χ4n) is 3.01. The molecule has 1 N–H and O–H groups in total. The summed E-state index contributed by atoms with van der Waals surface area (Å²) in [5.74, 6) is -1.42. The molecule has 0 spiro atoms. The Morgan fingerprint density at radius 1 is 1.12 bits per heavy atom. The molecule has 26 heavy (non-hydrogen) atoms. The molecule has 3 heterocycles. The number of benzene rings is 1. The monoisotopic (exact) mass is 345 g/mol. The number of carbonyl (C=O) groups excluding carboxylic acids is 2. The molecular weight excluding hydrogens is 334 g/mol. The second-order valence-corrected chi connectivity index (χ2v) is 5.74. The number of rotatable bonds is 2. The first-order valence-electron chi connectivity index (χ1n) is 7.66. The molecule has 0 unspecified atom stereocenters. The Bertz CT molecular complexity index is 1210. The van der Waals surface area contributed by atoms with Crippen molar-refractivity contribution in [3.05, 3.63) is 58.5 Å². The number of carbonyl (C=O) groups is 2. The van der Waals surface area contributed by atoms with Crippen LogP contribution in [0.3, 0.4) is 0 Å². The van der Waals surface area contributed by atoms with E-state index >= 15 is 0 Å². The molecule has 8 heteroatoms. The van der Waals surface area contributed by atoms with Crippen LogP contribution in [0.1, 0.15) is 5.56 Å². The van der Waals surface area contributed by atoms with Gasteiger partial charge in [0.05, 0.1) is 5.69 Å². The van der Waals surface area contributed by atoms with Crippen LogP contribution in [-0.4, -0.2) is 26.3 Å². The number of H-pyrrole nitrogens is 1. The molecule has 0 radical (unpaired) electrons. The maximum Gasteiger partial charge on any atom is 0.270 e. The van der Waals surface area contributed by atoms with Crippen LogP contribution in [0.15, 0.2) is 47.4 Å². The number of hydrogen-bond donors (Lipinski definition) is 1. The lowest BCUT2D eigenvalue weighted by molar-refractivity contribution is -0.120. The SMILES string of the molecule is Cn1cc(-c2nc(N3C(=O)C=CC3=O)[nH]c(=O)c2C#N)c2ccccc21. The number of nitrogens with zero attached hydrogens (tertiary/aromatic N) is 4. The second kappa shape index (κ2) is 5.53. The summed E-state index contributed by atoms with van der Waals surface area (Å²) in [4.78, 5) is 43.6. The number of nitrogens with one attached hydrogen (secondary N) is 1. The Morgan fingerprint density at radius 3 is 2.50 bits per heavy atom. The van der Waals surface area contributed by atoms with Crippen molar-refractivity contribution in [2.75, 3.05) is 4.90 Å². The minimum Gasteiger partial charge on any atom is -0.350 e. The molecule has 0 atom stereocenters. The van der Waals surface area contributed by atoms with E-state index in [4.69, 9.17) is 0 Å². The summed E-state index contributed by atoms with van der Waals surface area (Å²) in [5.41, 5.74) is 0.685. The molecule has 1 aromatic carbocycles. The molecule has 3 aromatic rings. The minimum absolute atomic E-state index is 0.121. The van der Waals surface area contributed by atoms with Crippen LogP contribution in [0, 0.1) is 11.3 Å². The van der Waals surface area contributed by atoms with Crippen molar-refractivity contribution in [2.45, 2.75) is 0 Å². The van der Waals surface area contributed by atoms with E-state index in [9.17, 15) is 19.6 Å². The summed E-state index contributed by atoms with van der Waals surface area (Å²) in [6.07, 6.45) is 3.94. The van der Waals surface area contributed by atoms with E-state index in [-0.39, 0.29) is 17.2 Å². The Morgan fingerprint density at radius 2 is 1.81 bits per heavy atom. The average molecular weight is 345 g/mol. The van der Waals surface area contributed by atoms with Crippen molar-refractivity contribution >= 4 is 28.7 Å². The van der Waals surface area contributed by atoms with Crippen LogP contribution in [-0.2, 0) is 16.6 Å². The van der Waals surface area contributed by atoms with Crippen LogP contribution >= 0.6 is 0 Å². The number of aromatic nitrogens is 3. The molecule has 0 saturated heterocycles. The molecule has 0 saturated carbocycles. The number of imide groups is 1. The van der Waals surface area contributed by atoms with Gasteiger partial charge in [0, 0.05) is 41.9 Å². The Kier molecular flexibility index (Phi) is 3.30. The van der Waals surface area contributed by atoms with Gasteiger partial charge in [0.1, 0.15) is 11.6 Å². The summed E-state index contributed by atoms with van der Waals surface area (Å²) in [7, 11) is 1.84. The van der Waals surface area contributed by atoms with Crippen LogP contribution < -0.4 is 10.5 Å². The van der Waals surface area contributed by atoms with Gasteiger partial charge < -0.3 is 4.57 Å². The Hall–Kier alpha value is -3.99. The zero-order valence-corrected chi connectivity index (χ0v) is 13.6. The van der Waals surface area contributed by atoms with Gasteiger partial charge in [0.2, 0.25) is 5.95 Å². The van der Waals surface area contributed by atoms with Crippen molar-refractivity contribution in [2.24, 2.45) is 7.05 Å². The predicted octanol–water partition coefficient (Wildman–Crippen LogP) is 1.23. The fourth-order valence-corrected chi connectivity index (χ4v) is 3.01. The number of fused-ring (bicyclic) bond motifs is 1. The Balaban J connectivity index is 2.02. The molecule has 4 rings (SSSR count). The summed E-state index contributed by atoms with van der Waals surface area (Å²) >= 11 is 0. The van der Waals surface area contributed by atoms with Crippen molar-refractivity contribution in [1.29, 1.82) is 5.26 Å². The van der Waals surface area contributed by atoms with E-state index in [1.807, 2.05) is 41.9 Å². The minimum atomic E-state index is -0.715. The smallest absolute Gasteiger partial charge is 0.270 e. The first kappa shape index (κ1) is 15.5. The van der Waals surface area contributed by atoms with Crippen LogP contribution in [0.2, 0.25) is 0 Å². The zero-order chi connectivity index (χ0) is 18.4. The third-order valence-corrected chi connectivity index (χ3v) is 4.19. The van der Waals surface area contributed by atoms with E-state index in [1.165, 1.54) is 0 Å². The number of aromatic amines is 1. The molecule has 2 amide bonds. The van der Waals surface area contributed by atoms with Crippen LogP contribution in [0.4, 0.5) is 5.95 Å². The molecule has 2 aromatic heterocycles. The highest BCUT2D eigenvalue weighted by atomic mass is 16.2. The number of aryl methyl sites for hydroxylation is 1. The van der Waals surface area contributed by atoms with E-state index in [2.05, 4.69) is 9.97 Å². The quantitative estimate of drug-likeness (QED) is 0.702.